The molecule has 1 N–H and O–H groups in total. The number of carbonyl (C=O) groups is 1. The summed E-state index contributed by atoms with van der Waals surface area (Å²) in [7, 11) is 1.67. The van der Waals surface area contributed by atoms with E-state index in [9.17, 15) is 4.79 Å². The molecule has 9 heteroatoms. The number of hydrogen-bond acceptors (Lipinski definition) is 8. The minimum Gasteiger partial charge on any atom is -0.494 e. The van der Waals surface area contributed by atoms with Crippen LogP contribution in [0, 0.1) is 0 Å². The van der Waals surface area contributed by atoms with Crippen molar-refractivity contribution in [2.45, 2.75) is 45.2 Å². The number of ether oxygens (including phenoxy) is 2. The van der Waals surface area contributed by atoms with Crippen molar-refractivity contribution in [1.29, 1.82) is 0 Å². The Kier molecular flexibility index (Phi) is 6.71. The summed E-state index contributed by atoms with van der Waals surface area (Å²) in [5.41, 5.74) is 2.92. The maximum absolute atomic E-state index is 12.9. The average Bonchev–Trinajstić information content (AvgIpc) is 3.37. The number of likely N-dealkylation sites (N-methyl/N-ethyl adjacent to an activating group) is 1. The molecule has 3 aliphatic rings. The molecule has 1 aromatic carbocycles. The van der Waals surface area contributed by atoms with Crippen molar-refractivity contribution >= 4 is 29.0 Å². The lowest BCUT2D eigenvalue weighted by Crippen LogP contribution is -2.41. The zero-order valence-corrected chi connectivity index (χ0v) is 20.1. The Labute approximate surface area is 201 Å². The molecule has 1 aromatic heterocycles. The Morgan fingerprint density at radius 3 is 2.71 bits per heavy atom. The average molecular weight is 467 g/mol. The minimum atomic E-state index is 0.155. The third-order valence-corrected chi connectivity index (χ3v) is 7.09. The summed E-state index contributed by atoms with van der Waals surface area (Å²) >= 11 is 0. The van der Waals surface area contributed by atoms with Crippen LogP contribution in [0.25, 0.3) is 0 Å². The van der Waals surface area contributed by atoms with Gasteiger partial charge in [-0.25, -0.2) is 4.98 Å². The maximum atomic E-state index is 12.9. The van der Waals surface area contributed by atoms with Crippen LogP contribution in [-0.4, -0.2) is 73.3 Å². The van der Waals surface area contributed by atoms with Crippen molar-refractivity contribution < 1.29 is 14.3 Å². The predicted molar refractivity (Wildman–Crippen MR) is 132 cm³/mol. The molecule has 0 spiro atoms. The molecule has 0 bridgehead atoms. The van der Waals surface area contributed by atoms with Crippen molar-refractivity contribution in [1.82, 2.24) is 14.9 Å². The first kappa shape index (κ1) is 22.7. The minimum absolute atomic E-state index is 0.155. The van der Waals surface area contributed by atoms with Gasteiger partial charge in [0.05, 0.1) is 39.1 Å². The highest BCUT2D eigenvalue weighted by Gasteiger charge is 2.32. The highest BCUT2D eigenvalue weighted by molar-refractivity contribution is 5.83. The lowest BCUT2D eigenvalue weighted by Gasteiger charge is -2.30. The Morgan fingerprint density at radius 1 is 1.18 bits per heavy atom. The Balaban J connectivity index is 1.43. The first-order valence-corrected chi connectivity index (χ1v) is 12.3. The van der Waals surface area contributed by atoms with E-state index in [-0.39, 0.29) is 5.91 Å². The van der Waals surface area contributed by atoms with Gasteiger partial charge in [0.2, 0.25) is 11.9 Å². The van der Waals surface area contributed by atoms with Gasteiger partial charge in [-0.2, -0.15) is 4.98 Å². The van der Waals surface area contributed by atoms with E-state index in [0.29, 0.717) is 31.6 Å². The summed E-state index contributed by atoms with van der Waals surface area (Å²) in [6, 6.07) is 6.49. The monoisotopic (exact) mass is 466 g/mol. The number of rotatable bonds is 6. The molecule has 2 fully saturated rings. The first-order valence-electron chi connectivity index (χ1n) is 12.3. The topological polar surface area (TPSA) is 83.1 Å². The quantitative estimate of drug-likeness (QED) is 0.695. The number of benzene rings is 1. The fourth-order valence-electron chi connectivity index (χ4n) is 5.16. The van der Waals surface area contributed by atoms with Gasteiger partial charge in [0, 0.05) is 49.2 Å². The van der Waals surface area contributed by atoms with Crippen LogP contribution in [0.4, 0.5) is 23.1 Å². The van der Waals surface area contributed by atoms with Gasteiger partial charge >= 0.3 is 0 Å². The first-order chi connectivity index (χ1) is 16.7. The van der Waals surface area contributed by atoms with Gasteiger partial charge in [0.15, 0.2) is 0 Å². The van der Waals surface area contributed by atoms with Crippen LogP contribution in [-0.2, 0) is 16.1 Å². The number of anilines is 4. The molecule has 5 rings (SSSR count). The molecule has 1 saturated heterocycles. The van der Waals surface area contributed by atoms with E-state index in [1.807, 2.05) is 30.2 Å². The summed E-state index contributed by atoms with van der Waals surface area (Å²) in [5.74, 6) is 2.28. The number of hydrogen-bond donors (Lipinski definition) is 1. The fourth-order valence-corrected chi connectivity index (χ4v) is 5.16. The number of nitrogens with one attached hydrogen (secondary N) is 1. The van der Waals surface area contributed by atoms with Crippen LogP contribution in [0.2, 0.25) is 0 Å². The van der Waals surface area contributed by atoms with E-state index >= 15 is 0 Å². The van der Waals surface area contributed by atoms with Crippen LogP contribution in [0.3, 0.4) is 0 Å². The van der Waals surface area contributed by atoms with E-state index in [0.717, 1.165) is 67.7 Å². The number of morpholine rings is 1. The van der Waals surface area contributed by atoms with Gasteiger partial charge in [-0.05, 0) is 31.9 Å². The van der Waals surface area contributed by atoms with Crippen molar-refractivity contribution in [2.24, 2.45) is 0 Å². The molecule has 1 amide bonds. The van der Waals surface area contributed by atoms with Crippen LogP contribution >= 0.6 is 0 Å². The molecule has 3 heterocycles. The summed E-state index contributed by atoms with van der Waals surface area (Å²) in [6.45, 7) is 6.84. The number of methoxy groups -OCH3 is 1. The van der Waals surface area contributed by atoms with E-state index in [2.05, 4.69) is 26.2 Å². The summed E-state index contributed by atoms with van der Waals surface area (Å²) in [4.78, 5) is 28.8. The zero-order chi connectivity index (χ0) is 23.5. The van der Waals surface area contributed by atoms with Crippen molar-refractivity contribution in [3.8, 4) is 5.75 Å². The summed E-state index contributed by atoms with van der Waals surface area (Å²) < 4.78 is 11.2. The summed E-state index contributed by atoms with van der Waals surface area (Å²) in [5, 5.41) is 3.36. The van der Waals surface area contributed by atoms with Gasteiger partial charge in [-0.3, -0.25) is 4.79 Å². The Morgan fingerprint density at radius 2 is 1.97 bits per heavy atom. The molecular weight excluding hydrogens is 432 g/mol. The molecule has 0 radical (unpaired) electrons. The van der Waals surface area contributed by atoms with Crippen molar-refractivity contribution in [3.63, 3.8) is 0 Å². The standard InChI is InChI=1S/C25H34N6O3/c1-3-29-16-18-15-26-25(28-24(18)31(17-23(29)32)19-6-4-5-7-19)27-21-9-8-20(14-22(21)33-2)30-10-12-34-13-11-30/h8-9,14-15,19H,3-7,10-13,16-17H2,1-2H3,(H,26,27,28). The molecular formula is C25H34N6O3. The molecule has 0 atom stereocenters. The second kappa shape index (κ2) is 10.0. The van der Waals surface area contributed by atoms with Gasteiger partial charge < -0.3 is 29.5 Å². The predicted octanol–water partition coefficient (Wildman–Crippen LogP) is 3.18. The van der Waals surface area contributed by atoms with Crippen molar-refractivity contribution in [2.75, 3.05) is 61.6 Å². The van der Waals surface area contributed by atoms with Crippen LogP contribution < -0.4 is 19.9 Å². The third kappa shape index (κ3) is 4.61. The third-order valence-electron chi connectivity index (χ3n) is 7.09. The molecule has 182 valence electrons. The highest BCUT2D eigenvalue weighted by atomic mass is 16.5. The molecule has 34 heavy (non-hydrogen) atoms. The molecule has 1 aliphatic carbocycles. The number of aromatic nitrogens is 2. The maximum Gasteiger partial charge on any atom is 0.242 e. The van der Waals surface area contributed by atoms with Crippen LogP contribution in [0.5, 0.6) is 5.75 Å². The van der Waals surface area contributed by atoms with E-state index in [1.54, 1.807) is 7.11 Å². The fraction of sp³-hybridized carbons (Fsp3) is 0.560. The van der Waals surface area contributed by atoms with Crippen molar-refractivity contribution in [3.05, 3.63) is 30.0 Å². The van der Waals surface area contributed by atoms with Gasteiger partial charge in [0.25, 0.3) is 0 Å². The van der Waals surface area contributed by atoms with Gasteiger partial charge in [-0.1, -0.05) is 12.8 Å². The van der Waals surface area contributed by atoms with Gasteiger partial charge in [0.1, 0.15) is 11.6 Å². The summed E-state index contributed by atoms with van der Waals surface area (Å²) in [6.07, 6.45) is 6.46. The lowest BCUT2D eigenvalue weighted by molar-refractivity contribution is -0.129. The number of nitrogens with zero attached hydrogens (tertiary/aromatic N) is 5. The number of carbonyl (C=O) groups excluding carboxylic acids is 1. The SMILES string of the molecule is CCN1Cc2cnc(Nc3ccc(N4CCOCC4)cc3OC)nc2N(C2CCCC2)CC1=O. The smallest absolute Gasteiger partial charge is 0.242 e. The Bertz CT molecular complexity index is 1020. The highest BCUT2D eigenvalue weighted by Crippen LogP contribution is 2.35. The molecule has 2 aliphatic heterocycles. The number of amides is 1. The zero-order valence-electron chi connectivity index (χ0n) is 20.1. The van der Waals surface area contributed by atoms with Gasteiger partial charge in [-0.15, -0.1) is 0 Å². The molecule has 0 unspecified atom stereocenters. The van der Waals surface area contributed by atoms with E-state index < -0.39 is 0 Å². The van der Waals surface area contributed by atoms with Crippen LogP contribution in [0.1, 0.15) is 38.2 Å². The van der Waals surface area contributed by atoms with Crippen LogP contribution in [0.15, 0.2) is 24.4 Å². The second-order valence-electron chi connectivity index (χ2n) is 9.13. The molecule has 2 aromatic rings. The van der Waals surface area contributed by atoms with E-state index in [1.165, 1.54) is 12.8 Å². The largest absolute Gasteiger partial charge is 0.494 e. The molecule has 1 saturated carbocycles. The second-order valence-corrected chi connectivity index (χ2v) is 9.13. The van der Waals surface area contributed by atoms with E-state index in [4.69, 9.17) is 14.5 Å². The lowest BCUT2D eigenvalue weighted by atomic mass is 10.2. The Hall–Kier alpha value is -3.07. The molecule has 9 nitrogen and oxygen atoms in total. The number of fused-ring (bicyclic) bond motifs is 1. The normalized spacial score (nSPS) is 19.2.